The van der Waals surface area contributed by atoms with Crippen molar-refractivity contribution in [1.29, 1.82) is 0 Å². The van der Waals surface area contributed by atoms with Gasteiger partial charge in [-0.05, 0) is 30.3 Å². The van der Waals surface area contributed by atoms with Crippen LogP contribution in [-0.4, -0.2) is 9.67 Å². The second-order valence-electron chi connectivity index (χ2n) is 3.20. The van der Waals surface area contributed by atoms with Gasteiger partial charge in [0, 0.05) is 28.1 Å². The topological polar surface area (TPSA) is 25.2 Å². The van der Waals surface area contributed by atoms with E-state index >= 15 is 0 Å². The molecule has 1 N–H and O–H groups in total. The van der Waals surface area contributed by atoms with E-state index in [0.717, 1.165) is 10.2 Å². The monoisotopic (exact) mass is 263 g/mol. The summed E-state index contributed by atoms with van der Waals surface area (Å²) in [5, 5.41) is 9.39. The van der Waals surface area contributed by atoms with Gasteiger partial charge in [-0.25, -0.2) is 0 Å². The van der Waals surface area contributed by atoms with Crippen LogP contribution in [0.4, 0.5) is 0 Å². The Hall–Kier alpha value is -1.48. The number of aliphatic hydroxyl groups is 1. The maximum atomic E-state index is 9.39. The Labute approximate surface area is 96.6 Å². The molecule has 0 bridgehead atoms. The van der Waals surface area contributed by atoms with Crippen molar-refractivity contribution in [2.45, 2.75) is 0 Å². The zero-order valence-corrected chi connectivity index (χ0v) is 9.61. The lowest BCUT2D eigenvalue weighted by Crippen LogP contribution is -1.92. The number of aromatic nitrogens is 1. The number of halogens is 1. The maximum Gasteiger partial charge on any atom is 0.116 e. The summed E-state index contributed by atoms with van der Waals surface area (Å²) in [7, 11) is 0. The van der Waals surface area contributed by atoms with Crippen LogP contribution in [0.25, 0.3) is 11.4 Å². The van der Waals surface area contributed by atoms with Crippen molar-refractivity contribution in [2.24, 2.45) is 0 Å². The molecule has 0 aliphatic rings. The summed E-state index contributed by atoms with van der Waals surface area (Å²) in [5.74, 6) is 0.0656. The Morgan fingerprint density at radius 1 is 1.27 bits per heavy atom. The van der Waals surface area contributed by atoms with Gasteiger partial charge in [0.25, 0.3) is 0 Å². The molecule has 1 heterocycles. The van der Waals surface area contributed by atoms with Gasteiger partial charge in [-0.3, -0.25) is 0 Å². The number of nitrogens with zero attached hydrogens (tertiary/aromatic N) is 1. The van der Waals surface area contributed by atoms with Crippen molar-refractivity contribution in [1.82, 2.24) is 4.57 Å². The molecular formula is C12H10BrNO. The molecule has 2 rings (SSSR count). The third-order valence-electron chi connectivity index (χ3n) is 2.16. The third kappa shape index (κ3) is 1.97. The van der Waals surface area contributed by atoms with Crippen molar-refractivity contribution < 1.29 is 5.11 Å². The summed E-state index contributed by atoms with van der Waals surface area (Å²) >= 11 is 3.36. The fourth-order valence-corrected chi connectivity index (χ4v) is 1.88. The predicted molar refractivity (Wildman–Crippen MR) is 65.1 cm³/mol. The van der Waals surface area contributed by atoms with Crippen LogP contribution in [0.5, 0.6) is 0 Å². The van der Waals surface area contributed by atoms with Crippen LogP contribution >= 0.6 is 15.9 Å². The minimum Gasteiger partial charge on any atom is -0.508 e. The number of rotatable bonds is 2. The molecule has 0 radical (unpaired) electrons. The number of aliphatic hydroxyl groups excluding tert-OH is 1. The van der Waals surface area contributed by atoms with E-state index in [0.29, 0.717) is 5.56 Å². The molecule has 0 amide bonds. The highest BCUT2D eigenvalue weighted by Crippen LogP contribution is 2.24. The van der Waals surface area contributed by atoms with Crippen LogP contribution in [0.15, 0.2) is 53.8 Å². The Morgan fingerprint density at radius 3 is 2.53 bits per heavy atom. The molecular weight excluding hydrogens is 254 g/mol. The Morgan fingerprint density at radius 2 is 1.93 bits per heavy atom. The van der Waals surface area contributed by atoms with Gasteiger partial charge in [-0.2, -0.15) is 0 Å². The van der Waals surface area contributed by atoms with Crippen LogP contribution in [0, 0.1) is 0 Å². The van der Waals surface area contributed by atoms with Gasteiger partial charge in [0.15, 0.2) is 0 Å². The average Bonchev–Trinajstić information content (AvgIpc) is 2.71. The van der Waals surface area contributed by atoms with E-state index in [4.69, 9.17) is 0 Å². The molecule has 0 spiro atoms. The van der Waals surface area contributed by atoms with E-state index in [1.54, 1.807) is 0 Å². The summed E-state index contributed by atoms with van der Waals surface area (Å²) in [6.07, 6.45) is 3.90. The highest BCUT2D eigenvalue weighted by molar-refractivity contribution is 9.10. The number of benzene rings is 1. The van der Waals surface area contributed by atoms with Crippen molar-refractivity contribution in [3.63, 3.8) is 0 Å². The lowest BCUT2D eigenvalue weighted by atomic mass is 10.2. The fraction of sp³-hybridized carbons (Fsp3) is 0. The molecule has 0 saturated carbocycles. The first-order chi connectivity index (χ1) is 7.18. The highest BCUT2D eigenvalue weighted by atomic mass is 79.9. The van der Waals surface area contributed by atoms with E-state index in [9.17, 15) is 5.11 Å². The van der Waals surface area contributed by atoms with Crippen molar-refractivity contribution in [2.75, 3.05) is 0 Å². The Kier molecular flexibility index (Phi) is 2.64. The summed E-state index contributed by atoms with van der Waals surface area (Å²) in [5.41, 5.74) is 1.70. The van der Waals surface area contributed by atoms with E-state index < -0.39 is 0 Å². The highest BCUT2D eigenvalue weighted by Gasteiger charge is 2.04. The molecule has 15 heavy (non-hydrogen) atoms. The standard InChI is InChI=1S/C12H10BrNO/c1-9(15)11-8-10(4-5-12(11)13)14-6-2-3-7-14/h2-8,15H,1H2. The normalized spacial score (nSPS) is 10.2. The molecule has 1 aromatic carbocycles. The molecule has 0 aliphatic carbocycles. The quantitative estimate of drug-likeness (QED) is 0.820. The predicted octanol–water partition coefficient (Wildman–Crippen LogP) is 3.77. The van der Waals surface area contributed by atoms with Crippen LogP contribution in [-0.2, 0) is 0 Å². The third-order valence-corrected chi connectivity index (χ3v) is 2.85. The molecule has 0 atom stereocenters. The SMILES string of the molecule is C=C(O)c1cc(-n2cccc2)ccc1Br. The van der Waals surface area contributed by atoms with Gasteiger partial charge in [0.1, 0.15) is 5.76 Å². The molecule has 2 nitrogen and oxygen atoms in total. The lowest BCUT2D eigenvalue weighted by molar-refractivity contribution is 0.513. The average molecular weight is 264 g/mol. The minimum atomic E-state index is 0.0656. The summed E-state index contributed by atoms with van der Waals surface area (Å²) in [6.45, 7) is 3.52. The minimum absolute atomic E-state index is 0.0656. The van der Waals surface area contributed by atoms with E-state index in [1.165, 1.54) is 0 Å². The zero-order valence-electron chi connectivity index (χ0n) is 8.02. The molecule has 0 unspecified atom stereocenters. The van der Waals surface area contributed by atoms with E-state index in [1.807, 2.05) is 47.3 Å². The fourth-order valence-electron chi connectivity index (χ4n) is 1.40. The zero-order chi connectivity index (χ0) is 10.8. The first kappa shape index (κ1) is 10.1. The van der Waals surface area contributed by atoms with Crippen LogP contribution in [0.1, 0.15) is 5.56 Å². The maximum absolute atomic E-state index is 9.39. The second-order valence-corrected chi connectivity index (χ2v) is 4.06. The molecule has 1 aromatic heterocycles. The molecule has 3 heteroatoms. The lowest BCUT2D eigenvalue weighted by Gasteiger charge is -2.07. The van der Waals surface area contributed by atoms with E-state index in [-0.39, 0.29) is 5.76 Å². The van der Waals surface area contributed by atoms with Crippen LogP contribution in [0.3, 0.4) is 0 Å². The van der Waals surface area contributed by atoms with Gasteiger partial charge in [0.2, 0.25) is 0 Å². The summed E-state index contributed by atoms with van der Waals surface area (Å²) in [6, 6.07) is 9.65. The van der Waals surface area contributed by atoms with E-state index in [2.05, 4.69) is 22.5 Å². The van der Waals surface area contributed by atoms with Crippen molar-refractivity contribution >= 4 is 21.7 Å². The largest absolute Gasteiger partial charge is 0.508 e. The molecule has 0 saturated heterocycles. The number of hydrogen-bond donors (Lipinski definition) is 1. The molecule has 2 aromatic rings. The van der Waals surface area contributed by atoms with Crippen LogP contribution < -0.4 is 0 Å². The molecule has 0 fully saturated rings. The van der Waals surface area contributed by atoms with Gasteiger partial charge < -0.3 is 9.67 Å². The Bertz CT molecular complexity index is 488. The molecule has 0 aliphatic heterocycles. The second kappa shape index (κ2) is 3.95. The summed E-state index contributed by atoms with van der Waals surface area (Å²) < 4.78 is 2.81. The molecule has 76 valence electrons. The van der Waals surface area contributed by atoms with Gasteiger partial charge in [-0.15, -0.1) is 0 Å². The first-order valence-corrected chi connectivity index (χ1v) is 5.29. The first-order valence-electron chi connectivity index (χ1n) is 4.49. The van der Waals surface area contributed by atoms with Crippen LogP contribution in [0.2, 0.25) is 0 Å². The Balaban J connectivity index is 2.52. The van der Waals surface area contributed by atoms with Gasteiger partial charge in [-0.1, -0.05) is 22.5 Å². The van der Waals surface area contributed by atoms with Gasteiger partial charge in [0.05, 0.1) is 0 Å². The van der Waals surface area contributed by atoms with Crippen molar-refractivity contribution in [3.05, 3.63) is 59.3 Å². The van der Waals surface area contributed by atoms with Gasteiger partial charge >= 0.3 is 0 Å². The number of hydrogen-bond acceptors (Lipinski definition) is 1. The summed E-state index contributed by atoms with van der Waals surface area (Å²) in [4.78, 5) is 0. The smallest absolute Gasteiger partial charge is 0.116 e. The van der Waals surface area contributed by atoms with Crippen molar-refractivity contribution in [3.8, 4) is 5.69 Å².